The Labute approximate surface area is 206 Å². The predicted octanol–water partition coefficient (Wildman–Crippen LogP) is -0.116. The number of amides is 2. The van der Waals surface area contributed by atoms with Crippen LogP contribution in [0.1, 0.15) is 25.3 Å². The monoisotopic (exact) mass is 495 g/mol. The third kappa shape index (κ3) is 9.35. The first-order chi connectivity index (χ1) is 16.9. The van der Waals surface area contributed by atoms with Gasteiger partial charge in [0.2, 0.25) is 11.8 Å². The minimum absolute atomic E-state index is 0.0836. The maximum atomic E-state index is 12.8. The van der Waals surface area contributed by atoms with E-state index in [2.05, 4.69) is 17.6 Å². The van der Waals surface area contributed by atoms with E-state index in [9.17, 15) is 19.5 Å². The molecule has 0 spiro atoms. The smallest absolute Gasteiger partial charge is 0.328 e. The minimum Gasteiger partial charge on any atom is -0.493 e. The number of nitrogens with one attached hydrogen (secondary N) is 2. The lowest BCUT2D eigenvalue weighted by Crippen LogP contribution is -2.55. The van der Waals surface area contributed by atoms with Gasteiger partial charge in [-0.05, 0) is 24.1 Å². The van der Waals surface area contributed by atoms with Crippen molar-refractivity contribution in [3.05, 3.63) is 23.8 Å². The third-order valence-electron chi connectivity index (χ3n) is 5.53. The van der Waals surface area contributed by atoms with E-state index in [0.29, 0.717) is 50.0 Å². The average molecular weight is 496 g/mol. The van der Waals surface area contributed by atoms with Crippen molar-refractivity contribution in [2.24, 2.45) is 0 Å². The molecule has 35 heavy (non-hydrogen) atoms. The summed E-state index contributed by atoms with van der Waals surface area (Å²) in [6, 6.07) is 3.01. The first kappa shape index (κ1) is 28.3. The largest absolute Gasteiger partial charge is 0.493 e. The van der Waals surface area contributed by atoms with E-state index >= 15 is 0 Å². The zero-order valence-corrected chi connectivity index (χ0v) is 20.7. The van der Waals surface area contributed by atoms with E-state index in [1.807, 2.05) is 4.90 Å². The number of morpholine rings is 1. The lowest BCUT2D eigenvalue weighted by Gasteiger charge is -2.27. The van der Waals surface area contributed by atoms with Crippen LogP contribution in [0.25, 0.3) is 0 Å². The molecule has 3 N–H and O–H groups in total. The maximum absolute atomic E-state index is 12.8. The predicted molar refractivity (Wildman–Crippen MR) is 127 cm³/mol. The highest BCUT2D eigenvalue weighted by molar-refractivity contribution is 5.91. The van der Waals surface area contributed by atoms with Crippen molar-refractivity contribution in [3.8, 4) is 11.5 Å². The number of unbranched alkanes of at least 4 members (excludes halogenated alkanes) is 1. The highest BCUT2D eigenvalue weighted by atomic mass is 16.5. The zero-order valence-electron chi connectivity index (χ0n) is 20.7. The summed E-state index contributed by atoms with van der Waals surface area (Å²) in [6.45, 7) is 4.34. The molecule has 196 valence electrons. The van der Waals surface area contributed by atoms with E-state index in [-0.39, 0.29) is 13.0 Å². The van der Waals surface area contributed by atoms with Gasteiger partial charge in [0.1, 0.15) is 12.1 Å². The van der Waals surface area contributed by atoms with Crippen LogP contribution in [0.15, 0.2) is 18.2 Å². The lowest BCUT2D eigenvalue weighted by molar-refractivity contribution is -0.145. The zero-order chi connectivity index (χ0) is 25.6. The Morgan fingerprint density at radius 3 is 2.49 bits per heavy atom. The van der Waals surface area contributed by atoms with Gasteiger partial charge in [-0.1, -0.05) is 19.4 Å². The Bertz CT molecular complexity index is 829. The van der Waals surface area contributed by atoms with Gasteiger partial charge in [-0.2, -0.15) is 0 Å². The Hall–Kier alpha value is -2.89. The van der Waals surface area contributed by atoms with Gasteiger partial charge in [-0.15, -0.1) is 0 Å². The van der Waals surface area contributed by atoms with Gasteiger partial charge in [-0.25, -0.2) is 4.79 Å². The van der Waals surface area contributed by atoms with E-state index in [1.54, 1.807) is 25.3 Å². The van der Waals surface area contributed by atoms with Crippen molar-refractivity contribution < 1.29 is 38.4 Å². The molecule has 1 heterocycles. The number of aliphatic hydroxyl groups excluding tert-OH is 1. The highest BCUT2D eigenvalue weighted by Gasteiger charge is 2.28. The SMILES string of the molecule is CCCCOc1cc(C[C@H](NC(=O)[C@H](CO)NC(=O)CN2CCOCC2)C(=O)OC)ccc1OC. The molecule has 1 fully saturated rings. The fraction of sp³-hybridized carbons (Fsp3) is 0.625. The molecular weight excluding hydrogens is 458 g/mol. The Balaban J connectivity index is 2.04. The fourth-order valence-corrected chi connectivity index (χ4v) is 3.53. The van der Waals surface area contributed by atoms with Gasteiger partial charge >= 0.3 is 5.97 Å². The van der Waals surface area contributed by atoms with Crippen LogP contribution in [-0.2, 0) is 30.3 Å². The van der Waals surface area contributed by atoms with Crippen molar-refractivity contribution in [1.82, 2.24) is 15.5 Å². The number of benzene rings is 1. The van der Waals surface area contributed by atoms with E-state index < -0.39 is 36.5 Å². The maximum Gasteiger partial charge on any atom is 0.328 e. The molecule has 1 aliphatic rings. The van der Waals surface area contributed by atoms with Crippen LogP contribution in [0.3, 0.4) is 0 Å². The van der Waals surface area contributed by atoms with Crippen molar-refractivity contribution in [2.45, 2.75) is 38.3 Å². The molecule has 0 bridgehead atoms. The molecule has 0 aliphatic carbocycles. The van der Waals surface area contributed by atoms with Crippen LogP contribution in [-0.4, -0.2) is 100 Å². The summed E-state index contributed by atoms with van der Waals surface area (Å²) < 4.78 is 21.3. The number of rotatable bonds is 14. The standard InChI is InChI=1S/C24H37N3O8/c1-4-5-10-35-21-14-17(6-7-20(21)32-2)13-18(24(31)33-3)26-23(30)19(16-28)25-22(29)15-27-8-11-34-12-9-27/h6-7,14,18-19,28H,4-5,8-13,15-16H2,1-3H3,(H,25,29)(H,26,30)/t18-,19-/m0/s1. The van der Waals surface area contributed by atoms with E-state index in [0.717, 1.165) is 12.8 Å². The average Bonchev–Trinajstić information content (AvgIpc) is 2.87. The molecule has 11 nitrogen and oxygen atoms in total. The summed E-state index contributed by atoms with van der Waals surface area (Å²) in [7, 11) is 2.77. The number of ether oxygens (including phenoxy) is 4. The topological polar surface area (TPSA) is 136 Å². The molecule has 0 saturated carbocycles. The summed E-state index contributed by atoms with van der Waals surface area (Å²) in [6.07, 6.45) is 1.98. The number of aliphatic hydroxyl groups is 1. The van der Waals surface area contributed by atoms with Crippen molar-refractivity contribution in [3.63, 3.8) is 0 Å². The van der Waals surface area contributed by atoms with Gasteiger partial charge in [0.25, 0.3) is 0 Å². The normalized spacial score (nSPS) is 15.5. The number of methoxy groups -OCH3 is 2. The number of hydrogen-bond donors (Lipinski definition) is 3. The van der Waals surface area contributed by atoms with Gasteiger partial charge in [-0.3, -0.25) is 14.5 Å². The quantitative estimate of drug-likeness (QED) is 0.238. The van der Waals surface area contributed by atoms with Crippen molar-refractivity contribution >= 4 is 17.8 Å². The van der Waals surface area contributed by atoms with Gasteiger partial charge < -0.3 is 34.7 Å². The lowest BCUT2D eigenvalue weighted by atomic mass is 10.0. The molecule has 0 aromatic heterocycles. The van der Waals surface area contributed by atoms with Crippen LogP contribution < -0.4 is 20.1 Å². The van der Waals surface area contributed by atoms with Crippen molar-refractivity contribution in [2.75, 3.05) is 60.3 Å². The van der Waals surface area contributed by atoms with Crippen molar-refractivity contribution in [1.29, 1.82) is 0 Å². The number of esters is 1. The molecule has 1 aliphatic heterocycles. The summed E-state index contributed by atoms with van der Waals surface area (Å²) in [5, 5.41) is 14.8. The van der Waals surface area contributed by atoms with Gasteiger partial charge in [0.05, 0.1) is 47.2 Å². The van der Waals surface area contributed by atoms with Crippen LogP contribution in [0, 0.1) is 0 Å². The minimum atomic E-state index is -1.21. The number of carbonyl (C=O) groups excluding carboxylic acids is 3. The van der Waals surface area contributed by atoms with Crippen LogP contribution in [0.4, 0.5) is 0 Å². The number of nitrogens with zero attached hydrogens (tertiary/aromatic N) is 1. The molecule has 1 saturated heterocycles. The van der Waals surface area contributed by atoms with E-state index in [1.165, 1.54) is 7.11 Å². The molecule has 2 atom stereocenters. The van der Waals surface area contributed by atoms with Crippen LogP contribution >= 0.6 is 0 Å². The summed E-state index contributed by atoms with van der Waals surface area (Å²) >= 11 is 0. The Morgan fingerprint density at radius 2 is 1.86 bits per heavy atom. The molecular formula is C24H37N3O8. The first-order valence-corrected chi connectivity index (χ1v) is 11.8. The molecule has 2 amide bonds. The molecule has 1 aromatic rings. The highest BCUT2D eigenvalue weighted by Crippen LogP contribution is 2.29. The first-order valence-electron chi connectivity index (χ1n) is 11.8. The molecule has 11 heteroatoms. The fourth-order valence-electron chi connectivity index (χ4n) is 3.53. The number of hydrogen-bond acceptors (Lipinski definition) is 9. The van der Waals surface area contributed by atoms with Gasteiger partial charge in [0, 0.05) is 19.5 Å². The molecule has 1 aromatic carbocycles. The molecule has 0 radical (unpaired) electrons. The van der Waals surface area contributed by atoms with Gasteiger partial charge in [0.15, 0.2) is 11.5 Å². The molecule has 2 rings (SSSR count). The molecule has 0 unspecified atom stereocenters. The number of carbonyl (C=O) groups is 3. The third-order valence-corrected chi connectivity index (χ3v) is 5.53. The van der Waals surface area contributed by atoms with Crippen LogP contribution in [0.5, 0.6) is 11.5 Å². The van der Waals surface area contributed by atoms with Crippen LogP contribution in [0.2, 0.25) is 0 Å². The second-order valence-electron chi connectivity index (χ2n) is 8.17. The second-order valence-corrected chi connectivity index (χ2v) is 8.17. The summed E-state index contributed by atoms with van der Waals surface area (Å²) in [4.78, 5) is 39.4. The summed E-state index contributed by atoms with van der Waals surface area (Å²) in [5.74, 6) is -0.645. The second kappa shape index (κ2) is 15.2. The Kier molecular flexibility index (Phi) is 12.3. The Morgan fingerprint density at radius 1 is 1.11 bits per heavy atom. The summed E-state index contributed by atoms with van der Waals surface area (Å²) in [5.41, 5.74) is 0.713. The van der Waals surface area contributed by atoms with E-state index in [4.69, 9.17) is 18.9 Å².